The van der Waals surface area contributed by atoms with Crippen LogP contribution in [0.1, 0.15) is 38.8 Å². The fourth-order valence-corrected chi connectivity index (χ4v) is 1.98. The Labute approximate surface area is 115 Å². The predicted molar refractivity (Wildman–Crippen MR) is 72.8 cm³/mol. The van der Waals surface area contributed by atoms with Crippen molar-refractivity contribution in [1.29, 1.82) is 0 Å². The number of rotatable bonds is 4. The van der Waals surface area contributed by atoms with Gasteiger partial charge in [-0.25, -0.2) is 18.3 Å². The van der Waals surface area contributed by atoms with Gasteiger partial charge in [-0.15, -0.1) is 0 Å². The molecule has 2 aromatic rings. The molecule has 0 aliphatic carbocycles. The van der Waals surface area contributed by atoms with Crippen LogP contribution in [-0.2, 0) is 0 Å². The second-order valence-electron chi connectivity index (χ2n) is 4.93. The van der Waals surface area contributed by atoms with Gasteiger partial charge in [0.1, 0.15) is 11.5 Å². The maximum absolute atomic E-state index is 13.0. The lowest BCUT2D eigenvalue weighted by Crippen LogP contribution is -2.17. The molecule has 0 spiro atoms. The molecule has 0 aliphatic heterocycles. The van der Waals surface area contributed by atoms with Gasteiger partial charge in [-0.05, 0) is 12.0 Å². The molecular formula is C14H17F2N3O. The quantitative estimate of drug-likeness (QED) is 0.934. The molecule has 0 fully saturated rings. The summed E-state index contributed by atoms with van der Waals surface area (Å²) in [5.74, 6) is 0.412. The minimum atomic E-state index is -2.68. The van der Waals surface area contributed by atoms with Crippen LogP contribution < -0.4 is 10.6 Å². The molecule has 0 aromatic carbocycles. The maximum atomic E-state index is 13.0. The molecule has 0 amide bonds. The van der Waals surface area contributed by atoms with Gasteiger partial charge in [-0.2, -0.15) is 5.10 Å². The molecule has 0 bridgehead atoms. The van der Waals surface area contributed by atoms with E-state index in [2.05, 4.69) is 16.7 Å². The molecule has 1 atom stereocenters. The van der Waals surface area contributed by atoms with E-state index in [-0.39, 0.29) is 22.4 Å². The van der Waals surface area contributed by atoms with Gasteiger partial charge < -0.3 is 5.11 Å². The molecule has 1 unspecified atom stereocenters. The van der Waals surface area contributed by atoms with E-state index in [1.54, 1.807) is 0 Å². The van der Waals surface area contributed by atoms with Crippen molar-refractivity contribution < 1.29 is 13.9 Å². The van der Waals surface area contributed by atoms with Gasteiger partial charge >= 0.3 is 0 Å². The Bertz CT molecular complexity index is 724. The number of hydrogen-bond acceptors (Lipinski definition) is 3. The Balaban J connectivity index is 2.68. The minimum absolute atomic E-state index is 0.118. The van der Waals surface area contributed by atoms with Crippen LogP contribution in [0, 0.1) is 5.92 Å². The summed E-state index contributed by atoms with van der Waals surface area (Å²) < 4.78 is 27.0. The third-order valence-corrected chi connectivity index (χ3v) is 3.33. The van der Waals surface area contributed by atoms with E-state index in [0.29, 0.717) is 17.6 Å². The third-order valence-electron chi connectivity index (χ3n) is 3.33. The van der Waals surface area contributed by atoms with Gasteiger partial charge in [0.25, 0.3) is 6.43 Å². The summed E-state index contributed by atoms with van der Waals surface area (Å²) in [6, 6.07) is 1.19. The summed E-state index contributed by atoms with van der Waals surface area (Å²) in [5.41, 5.74) is -0.0591. The lowest BCUT2D eigenvalue weighted by Gasteiger charge is -2.06. The highest BCUT2D eigenvalue weighted by molar-refractivity contribution is 5.50. The predicted octanol–water partition coefficient (Wildman–Crippen LogP) is 2.18. The molecule has 0 saturated heterocycles. The summed E-state index contributed by atoms with van der Waals surface area (Å²) in [4.78, 5) is 4.11. The molecule has 6 heteroatoms. The van der Waals surface area contributed by atoms with Crippen LogP contribution in [0.3, 0.4) is 0 Å². The van der Waals surface area contributed by atoms with Gasteiger partial charge in [0.2, 0.25) is 0 Å². The fraction of sp³-hybridized carbons (Fsp3) is 0.429. The van der Waals surface area contributed by atoms with Crippen LogP contribution >= 0.6 is 0 Å². The Morgan fingerprint density at radius 2 is 2.20 bits per heavy atom. The normalized spacial score (nSPS) is 14.8. The van der Waals surface area contributed by atoms with E-state index >= 15 is 0 Å². The number of nitrogens with zero attached hydrogens (tertiary/aromatic N) is 3. The number of hydrogen-bond donors (Lipinski definition) is 1. The van der Waals surface area contributed by atoms with Gasteiger partial charge in [-0.3, -0.25) is 0 Å². The fourth-order valence-electron chi connectivity index (χ4n) is 1.98. The SMILES string of the molecule is C=c1cc(C(F)F)n2ncc(=C(O)CC(C)CC)c2n1. The van der Waals surface area contributed by atoms with E-state index in [0.717, 1.165) is 10.9 Å². The van der Waals surface area contributed by atoms with Crippen LogP contribution in [0.2, 0.25) is 0 Å². The van der Waals surface area contributed by atoms with Gasteiger partial charge in [0, 0.05) is 6.42 Å². The van der Waals surface area contributed by atoms with Crippen molar-refractivity contribution in [3.8, 4) is 0 Å². The molecule has 4 nitrogen and oxygen atoms in total. The topological polar surface area (TPSA) is 50.4 Å². The van der Waals surface area contributed by atoms with Gasteiger partial charge in [0.05, 0.1) is 16.8 Å². The van der Waals surface area contributed by atoms with E-state index in [1.165, 1.54) is 12.3 Å². The zero-order valence-corrected chi connectivity index (χ0v) is 11.5. The van der Waals surface area contributed by atoms with Crippen LogP contribution in [0.4, 0.5) is 8.78 Å². The molecule has 0 saturated carbocycles. The molecule has 108 valence electrons. The van der Waals surface area contributed by atoms with Gasteiger partial charge in [0.15, 0.2) is 5.65 Å². The van der Waals surface area contributed by atoms with E-state index < -0.39 is 6.43 Å². The lowest BCUT2D eigenvalue weighted by atomic mass is 10.0. The molecule has 2 rings (SSSR count). The van der Waals surface area contributed by atoms with Crippen molar-refractivity contribution >= 4 is 18.0 Å². The number of alkyl halides is 2. The van der Waals surface area contributed by atoms with Crippen molar-refractivity contribution in [2.45, 2.75) is 33.1 Å². The van der Waals surface area contributed by atoms with E-state index in [1.807, 2.05) is 13.8 Å². The van der Waals surface area contributed by atoms with Crippen LogP contribution in [0.5, 0.6) is 0 Å². The Morgan fingerprint density at radius 1 is 1.50 bits per heavy atom. The molecule has 2 heterocycles. The Kier molecular flexibility index (Phi) is 4.01. The number of aromatic nitrogens is 3. The highest BCUT2D eigenvalue weighted by Gasteiger charge is 2.15. The van der Waals surface area contributed by atoms with E-state index in [4.69, 9.17) is 0 Å². The summed E-state index contributed by atoms with van der Waals surface area (Å²) >= 11 is 0. The number of fused-ring (bicyclic) bond motifs is 1. The van der Waals surface area contributed by atoms with Crippen molar-refractivity contribution in [3.05, 3.63) is 28.5 Å². The van der Waals surface area contributed by atoms with E-state index in [9.17, 15) is 13.9 Å². The first kappa shape index (κ1) is 14.4. The van der Waals surface area contributed by atoms with Crippen LogP contribution in [-0.4, -0.2) is 19.7 Å². The molecule has 0 radical (unpaired) electrons. The molecule has 0 aliphatic rings. The van der Waals surface area contributed by atoms with Crippen LogP contribution in [0.25, 0.3) is 18.0 Å². The van der Waals surface area contributed by atoms with Crippen molar-refractivity contribution in [3.63, 3.8) is 0 Å². The highest BCUT2D eigenvalue weighted by atomic mass is 19.3. The summed E-state index contributed by atoms with van der Waals surface area (Å²) in [5, 5.41) is 14.7. The van der Waals surface area contributed by atoms with Crippen molar-refractivity contribution in [1.82, 2.24) is 14.6 Å². The van der Waals surface area contributed by atoms with Crippen molar-refractivity contribution in [2.75, 3.05) is 0 Å². The first-order chi connectivity index (χ1) is 9.43. The number of aliphatic hydroxyl groups is 1. The summed E-state index contributed by atoms with van der Waals surface area (Å²) in [7, 11) is 0. The lowest BCUT2D eigenvalue weighted by molar-refractivity contribution is 0.143. The van der Waals surface area contributed by atoms with Crippen molar-refractivity contribution in [2.24, 2.45) is 5.92 Å². The number of aliphatic hydroxyl groups excluding tert-OH is 1. The Hall–Kier alpha value is -1.98. The monoisotopic (exact) mass is 281 g/mol. The molecular weight excluding hydrogens is 264 g/mol. The van der Waals surface area contributed by atoms with Crippen LogP contribution in [0.15, 0.2) is 12.3 Å². The zero-order chi connectivity index (χ0) is 14.9. The molecule has 1 N–H and O–H groups in total. The average molecular weight is 281 g/mol. The summed E-state index contributed by atoms with van der Waals surface area (Å²) in [6.07, 6.45) is 0.0704. The average Bonchev–Trinajstić information content (AvgIpc) is 2.80. The smallest absolute Gasteiger partial charge is 0.280 e. The minimum Gasteiger partial charge on any atom is -0.511 e. The second kappa shape index (κ2) is 5.56. The zero-order valence-electron chi connectivity index (χ0n) is 11.5. The molecule has 2 aromatic heterocycles. The molecule has 20 heavy (non-hydrogen) atoms. The number of halogens is 2. The Morgan fingerprint density at radius 3 is 2.80 bits per heavy atom. The summed E-state index contributed by atoms with van der Waals surface area (Å²) in [6.45, 7) is 7.62. The van der Waals surface area contributed by atoms with Gasteiger partial charge in [-0.1, -0.05) is 26.8 Å². The maximum Gasteiger partial charge on any atom is 0.280 e. The first-order valence-electron chi connectivity index (χ1n) is 6.48. The first-order valence-corrected chi connectivity index (χ1v) is 6.48. The largest absolute Gasteiger partial charge is 0.511 e. The highest BCUT2D eigenvalue weighted by Crippen LogP contribution is 2.17. The third kappa shape index (κ3) is 2.64. The standard InChI is InChI=1S/C14H17F2N3O/c1-4-8(2)5-12(20)10-7-17-19-11(13(15)16)6-9(3)18-14(10)19/h6-8,13,20H,3-5H2,1-2H3. The second-order valence-corrected chi connectivity index (χ2v) is 4.93.